The van der Waals surface area contributed by atoms with Gasteiger partial charge in [-0.15, -0.1) is 0 Å². The Hall–Kier alpha value is -3.93. The molecule has 28 heavy (non-hydrogen) atoms. The van der Waals surface area contributed by atoms with Gasteiger partial charge in [-0.2, -0.15) is 0 Å². The van der Waals surface area contributed by atoms with Crippen LogP contribution in [-0.2, 0) is 4.79 Å². The Morgan fingerprint density at radius 1 is 0.821 bits per heavy atom. The van der Waals surface area contributed by atoms with Crippen LogP contribution in [0.15, 0.2) is 78.9 Å². The highest BCUT2D eigenvalue weighted by Gasteiger charge is 2.18. The predicted octanol–water partition coefficient (Wildman–Crippen LogP) is 3.03. The van der Waals surface area contributed by atoms with Gasteiger partial charge in [0, 0.05) is 22.9 Å². The summed E-state index contributed by atoms with van der Waals surface area (Å²) in [5.41, 5.74) is 6.61. The number of amides is 2. The van der Waals surface area contributed by atoms with Crippen LogP contribution in [0.2, 0.25) is 0 Å². The number of rotatable bonds is 7. The third-order valence-corrected chi connectivity index (χ3v) is 3.93. The highest BCUT2D eigenvalue weighted by atomic mass is 16.5. The Morgan fingerprint density at radius 2 is 1.50 bits per heavy atom. The number of hydrogen-bond donors (Lipinski definition) is 2. The fraction of sp³-hybridized carbons (Fsp3) is 0.0455. The zero-order valence-electron chi connectivity index (χ0n) is 14.9. The predicted molar refractivity (Wildman–Crippen MR) is 105 cm³/mol. The van der Waals surface area contributed by atoms with Crippen molar-refractivity contribution in [1.82, 2.24) is 0 Å². The molecule has 0 aromatic heterocycles. The molecule has 0 heterocycles. The van der Waals surface area contributed by atoms with Crippen LogP contribution in [0.5, 0.6) is 5.75 Å². The van der Waals surface area contributed by atoms with Gasteiger partial charge >= 0.3 is 0 Å². The van der Waals surface area contributed by atoms with Gasteiger partial charge in [0.15, 0.2) is 12.4 Å². The number of ketones is 1. The second-order valence-electron chi connectivity index (χ2n) is 5.98. The van der Waals surface area contributed by atoms with Crippen molar-refractivity contribution in [2.75, 3.05) is 11.9 Å². The number of carbonyl (C=O) groups excluding carboxylic acids is 3. The maximum atomic E-state index is 12.8. The molecule has 0 radical (unpaired) electrons. The van der Waals surface area contributed by atoms with Gasteiger partial charge in [-0.25, -0.2) is 0 Å². The minimum atomic E-state index is -0.595. The number of primary amides is 1. The van der Waals surface area contributed by atoms with Crippen LogP contribution in [0, 0.1) is 0 Å². The number of carbonyl (C=O) groups is 3. The summed E-state index contributed by atoms with van der Waals surface area (Å²) in [6.07, 6.45) is 0. The standard InChI is InChI=1S/C22H18N2O4/c23-20(25)14-28-17-10-6-9-16(13-17)24-22(27)19-12-5-4-11-18(19)21(26)15-7-2-1-3-8-15/h1-13H,14H2,(H2,23,25)(H,24,27). The number of anilines is 1. The van der Waals surface area contributed by atoms with Crippen molar-refractivity contribution in [3.05, 3.63) is 95.6 Å². The first kappa shape index (κ1) is 18.8. The quantitative estimate of drug-likeness (QED) is 0.621. The van der Waals surface area contributed by atoms with Crippen LogP contribution in [-0.4, -0.2) is 24.2 Å². The second-order valence-corrected chi connectivity index (χ2v) is 5.98. The molecular weight excluding hydrogens is 356 g/mol. The molecule has 3 N–H and O–H groups in total. The molecule has 0 unspecified atom stereocenters. The van der Waals surface area contributed by atoms with Crippen molar-refractivity contribution in [2.24, 2.45) is 5.73 Å². The van der Waals surface area contributed by atoms with Crippen molar-refractivity contribution in [3.8, 4) is 5.75 Å². The van der Waals surface area contributed by atoms with Gasteiger partial charge in [0.1, 0.15) is 5.75 Å². The summed E-state index contributed by atoms with van der Waals surface area (Å²) in [4.78, 5) is 36.4. The van der Waals surface area contributed by atoms with E-state index in [4.69, 9.17) is 10.5 Å². The zero-order chi connectivity index (χ0) is 19.9. The minimum absolute atomic E-state index is 0.232. The molecule has 0 aliphatic carbocycles. The molecule has 3 aromatic carbocycles. The van der Waals surface area contributed by atoms with Gasteiger partial charge in [0.05, 0.1) is 5.56 Å². The summed E-state index contributed by atoms with van der Waals surface area (Å²) in [5.74, 6) is -0.857. The highest BCUT2D eigenvalue weighted by Crippen LogP contribution is 2.20. The Kier molecular flexibility index (Phi) is 5.81. The first-order valence-corrected chi connectivity index (χ1v) is 8.56. The molecule has 0 saturated carbocycles. The van der Waals surface area contributed by atoms with Crippen LogP contribution in [0.1, 0.15) is 26.3 Å². The number of nitrogens with one attached hydrogen (secondary N) is 1. The number of ether oxygens (including phenoxy) is 1. The van der Waals surface area contributed by atoms with Crippen LogP contribution >= 0.6 is 0 Å². The average molecular weight is 374 g/mol. The van der Waals surface area contributed by atoms with E-state index >= 15 is 0 Å². The maximum Gasteiger partial charge on any atom is 0.256 e. The number of benzene rings is 3. The van der Waals surface area contributed by atoms with E-state index in [1.54, 1.807) is 72.8 Å². The number of hydrogen-bond acceptors (Lipinski definition) is 4. The van der Waals surface area contributed by atoms with Gasteiger partial charge < -0.3 is 15.8 Å². The van der Waals surface area contributed by atoms with Crippen molar-refractivity contribution in [2.45, 2.75) is 0 Å². The van der Waals surface area contributed by atoms with Gasteiger partial charge in [-0.05, 0) is 18.2 Å². The molecular formula is C22H18N2O4. The molecule has 0 atom stereocenters. The molecule has 140 valence electrons. The highest BCUT2D eigenvalue weighted by molar-refractivity contribution is 6.17. The molecule has 0 bridgehead atoms. The van der Waals surface area contributed by atoms with Gasteiger partial charge in [0.25, 0.3) is 11.8 Å². The lowest BCUT2D eigenvalue weighted by Crippen LogP contribution is -2.20. The Morgan fingerprint density at radius 3 is 2.21 bits per heavy atom. The van der Waals surface area contributed by atoms with Crippen LogP contribution in [0.3, 0.4) is 0 Å². The first-order chi connectivity index (χ1) is 13.5. The Bertz CT molecular complexity index is 1020. The third-order valence-electron chi connectivity index (χ3n) is 3.93. The second kappa shape index (κ2) is 8.64. The van der Waals surface area contributed by atoms with Crippen molar-refractivity contribution in [1.29, 1.82) is 0 Å². The third kappa shape index (κ3) is 4.62. The van der Waals surface area contributed by atoms with E-state index in [2.05, 4.69) is 5.32 Å². The summed E-state index contributed by atoms with van der Waals surface area (Å²) in [7, 11) is 0. The van der Waals surface area contributed by atoms with Crippen LogP contribution < -0.4 is 15.8 Å². The van der Waals surface area contributed by atoms with E-state index in [0.717, 1.165) is 0 Å². The fourth-order valence-electron chi connectivity index (χ4n) is 2.64. The molecule has 0 fully saturated rings. The molecule has 3 aromatic rings. The van der Waals surface area contributed by atoms with E-state index in [-0.39, 0.29) is 18.0 Å². The van der Waals surface area contributed by atoms with Gasteiger partial charge in [0.2, 0.25) is 0 Å². The van der Waals surface area contributed by atoms with E-state index < -0.39 is 11.8 Å². The fourth-order valence-corrected chi connectivity index (χ4v) is 2.64. The topological polar surface area (TPSA) is 98.5 Å². The van der Waals surface area contributed by atoms with E-state index in [1.165, 1.54) is 0 Å². The van der Waals surface area contributed by atoms with E-state index in [9.17, 15) is 14.4 Å². The minimum Gasteiger partial charge on any atom is -0.484 e. The van der Waals surface area contributed by atoms with Crippen molar-refractivity contribution >= 4 is 23.3 Å². The normalized spacial score (nSPS) is 10.1. The summed E-state index contributed by atoms with van der Waals surface area (Å²) in [5, 5.41) is 2.75. The smallest absolute Gasteiger partial charge is 0.256 e. The van der Waals surface area contributed by atoms with Crippen molar-refractivity contribution < 1.29 is 19.1 Å². The average Bonchev–Trinajstić information content (AvgIpc) is 2.72. The first-order valence-electron chi connectivity index (χ1n) is 8.56. The molecule has 2 amide bonds. The largest absolute Gasteiger partial charge is 0.484 e. The molecule has 0 spiro atoms. The monoisotopic (exact) mass is 374 g/mol. The van der Waals surface area contributed by atoms with Gasteiger partial charge in [-0.1, -0.05) is 54.6 Å². The molecule has 0 saturated heterocycles. The van der Waals surface area contributed by atoms with Crippen LogP contribution in [0.4, 0.5) is 5.69 Å². The molecule has 0 aliphatic rings. The number of nitrogens with two attached hydrogens (primary N) is 1. The Balaban J connectivity index is 1.81. The van der Waals surface area contributed by atoms with Crippen molar-refractivity contribution in [3.63, 3.8) is 0 Å². The van der Waals surface area contributed by atoms with Gasteiger partial charge in [-0.3, -0.25) is 14.4 Å². The molecule has 6 heteroatoms. The lowest BCUT2D eigenvalue weighted by Gasteiger charge is -2.11. The molecule has 6 nitrogen and oxygen atoms in total. The summed E-state index contributed by atoms with van der Waals surface area (Å²) in [6, 6.07) is 22.0. The maximum absolute atomic E-state index is 12.8. The lowest BCUT2D eigenvalue weighted by atomic mass is 9.98. The molecule has 0 aliphatic heterocycles. The Labute approximate surface area is 161 Å². The SMILES string of the molecule is NC(=O)COc1cccc(NC(=O)c2ccccc2C(=O)c2ccccc2)c1. The molecule has 3 rings (SSSR count). The summed E-state index contributed by atoms with van der Waals surface area (Å²) >= 11 is 0. The summed E-state index contributed by atoms with van der Waals surface area (Å²) in [6.45, 7) is -0.258. The van der Waals surface area contributed by atoms with E-state index in [1.807, 2.05) is 6.07 Å². The lowest BCUT2D eigenvalue weighted by molar-refractivity contribution is -0.119. The van der Waals surface area contributed by atoms with E-state index in [0.29, 0.717) is 22.6 Å². The zero-order valence-corrected chi connectivity index (χ0v) is 14.9. The summed E-state index contributed by atoms with van der Waals surface area (Å²) < 4.78 is 5.24. The van der Waals surface area contributed by atoms with Crippen LogP contribution in [0.25, 0.3) is 0 Å².